The normalized spacial score (nSPS) is 27.2. The van der Waals surface area contributed by atoms with Gasteiger partial charge in [-0.1, -0.05) is 121 Å². The van der Waals surface area contributed by atoms with Crippen LogP contribution in [0.15, 0.2) is 121 Å². The lowest BCUT2D eigenvalue weighted by atomic mass is 9.72. The van der Waals surface area contributed by atoms with E-state index >= 15 is 0 Å². The zero-order valence-corrected chi connectivity index (χ0v) is 22.0. The summed E-state index contributed by atoms with van der Waals surface area (Å²) in [5.41, 5.74) is -0.461. The van der Waals surface area contributed by atoms with Crippen molar-refractivity contribution in [3.63, 3.8) is 0 Å². The maximum Gasteiger partial charge on any atom is 0.474 e. The first-order valence-corrected chi connectivity index (χ1v) is 14.1. The number of fused-ring (bicyclic) bond motifs is 1. The van der Waals surface area contributed by atoms with Gasteiger partial charge in [-0.25, -0.2) is 4.57 Å². The summed E-state index contributed by atoms with van der Waals surface area (Å²) >= 11 is 0. The van der Waals surface area contributed by atoms with Crippen molar-refractivity contribution in [2.24, 2.45) is 0 Å². The van der Waals surface area contributed by atoms with Crippen molar-refractivity contribution >= 4 is 7.82 Å². The monoisotopic (exact) mass is 528 g/mol. The molecule has 0 aliphatic carbocycles. The summed E-state index contributed by atoms with van der Waals surface area (Å²) in [6.07, 6.45) is -1.77. The van der Waals surface area contributed by atoms with Crippen LogP contribution < -0.4 is 0 Å². The lowest BCUT2D eigenvalue weighted by molar-refractivity contribution is -0.178. The van der Waals surface area contributed by atoms with Crippen molar-refractivity contribution in [1.82, 2.24) is 0 Å². The van der Waals surface area contributed by atoms with Crippen LogP contribution in [0.25, 0.3) is 0 Å². The van der Waals surface area contributed by atoms with Crippen molar-refractivity contribution in [2.75, 3.05) is 0 Å². The first-order chi connectivity index (χ1) is 18.3. The molecule has 0 radical (unpaired) electrons. The number of phosphoric ester groups is 1. The van der Waals surface area contributed by atoms with Crippen LogP contribution in [0.3, 0.4) is 0 Å². The Labute approximate surface area is 222 Å². The van der Waals surface area contributed by atoms with Crippen LogP contribution in [0.4, 0.5) is 0 Å². The van der Waals surface area contributed by atoms with Crippen molar-refractivity contribution in [3.05, 3.63) is 144 Å². The highest BCUT2D eigenvalue weighted by molar-refractivity contribution is 7.47. The zero-order chi connectivity index (χ0) is 26.4. The highest BCUT2D eigenvalue weighted by Gasteiger charge is 2.68. The summed E-state index contributed by atoms with van der Waals surface area (Å²) in [5.74, 6) is -1.05. The molecule has 2 heterocycles. The van der Waals surface area contributed by atoms with Gasteiger partial charge in [-0.05, 0) is 36.1 Å². The highest BCUT2D eigenvalue weighted by atomic mass is 31.2. The highest BCUT2D eigenvalue weighted by Crippen LogP contribution is 2.66. The Morgan fingerprint density at radius 3 is 1.08 bits per heavy atom. The number of hydrogen-bond acceptors (Lipinski definition) is 5. The third-order valence-electron chi connectivity index (χ3n) is 7.23. The number of benzene rings is 4. The summed E-state index contributed by atoms with van der Waals surface area (Å²) in [4.78, 5) is 11.6. The molecule has 2 saturated heterocycles. The minimum atomic E-state index is -4.79. The molecule has 2 unspecified atom stereocenters. The molecular formula is C31H29O6P. The van der Waals surface area contributed by atoms with Crippen LogP contribution in [-0.4, -0.2) is 22.9 Å². The standard InChI is InChI=1S/C31H29O6P/c1-29(2)34-27-28(35-29)31(25-19-11-5-12-20-25,26-21-13-6-14-22-26)37-38(32,33)36-30(27,23-15-7-3-8-16-23)24-17-9-4-10-18-24/h3-22,27-28H,1-2H3,(H,32,33). The fourth-order valence-corrected chi connectivity index (χ4v) is 7.18. The van der Waals surface area contributed by atoms with Crippen molar-refractivity contribution in [2.45, 2.75) is 43.0 Å². The quantitative estimate of drug-likeness (QED) is 0.303. The molecule has 6 nitrogen and oxygen atoms in total. The average molecular weight is 529 g/mol. The molecule has 0 saturated carbocycles. The van der Waals surface area contributed by atoms with E-state index < -0.39 is 37.0 Å². The third-order valence-corrected chi connectivity index (χ3v) is 8.26. The lowest BCUT2D eigenvalue weighted by Crippen LogP contribution is -2.53. The van der Waals surface area contributed by atoms with Gasteiger partial charge in [0, 0.05) is 0 Å². The van der Waals surface area contributed by atoms with Gasteiger partial charge in [-0.3, -0.25) is 9.05 Å². The van der Waals surface area contributed by atoms with E-state index in [1.54, 1.807) is 0 Å². The molecule has 4 aromatic rings. The molecule has 0 bridgehead atoms. The Bertz CT molecular complexity index is 1260. The van der Waals surface area contributed by atoms with Crippen molar-refractivity contribution in [3.8, 4) is 0 Å². The van der Waals surface area contributed by atoms with Gasteiger partial charge in [-0.15, -0.1) is 0 Å². The maximum atomic E-state index is 14.2. The first-order valence-electron chi connectivity index (χ1n) is 12.6. The molecule has 7 heteroatoms. The van der Waals surface area contributed by atoms with E-state index in [4.69, 9.17) is 18.5 Å². The summed E-state index contributed by atoms with van der Waals surface area (Å²) in [5, 5.41) is 0. The van der Waals surface area contributed by atoms with Crippen molar-refractivity contribution in [1.29, 1.82) is 0 Å². The van der Waals surface area contributed by atoms with E-state index in [0.717, 1.165) is 0 Å². The van der Waals surface area contributed by atoms with Crippen LogP contribution in [0, 0.1) is 0 Å². The van der Waals surface area contributed by atoms with Gasteiger partial charge in [0.15, 0.2) is 17.0 Å². The van der Waals surface area contributed by atoms with E-state index in [9.17, 15) is 9.46 Å². The van der Waals surface area contributed by atoms with Gasteiger partial charge in [0.05, 0.1) is 0 Å². The Morgan fingerprint density at radius 1 is 0.553 bits per heavy atom. The van der Waals surface area contributed by atoms with E-state index in [2.05, 4.69) is 0 Å². The van der Waals surface area contributed by atoms with Crippen LogP contribution in [0.5, 0.6) is 0 Å². The molecule has 0 spiro atoms. The average Bonchev–Trinajstić information content (AvgIpc) is 3.24. The van der Waals surface area contributed by atoms with Crippen LogP contribution >= 0.6 is 7.82 Å². The maximum absolute atomic E-state index is 14.2. The number of phosphoric acid groups is 1. The minimum Gasteiger partial charge on any atom is -0.341 e. The SMILES string of the molecule is CC1(C)OC2C(O1)C(c1ccccc1)(c1ccccc1)OP(=O)(O)OC2(c1ccccc1)c1ccccc1. The molecule has 2 atom stereocenters. The lowest BCUT2D eigenvalue weighted by Gasteiger charge is -2.41. The minimum absolute atomic E-state index is 0.650. The van der Waals surface area contributed by atoms with E-state index in [-0.39, 0.29) is 0 Å². The van der Waals surface area contributed by atoms with E-state index in [0.29, 0.717) is 22.3 Å². The van der Waals surface area contributed by atoms with Gasteiger partial charge in [0.25, 0.3) is 0 Å². The predicted octanol–water partition coefficient (Wildman–Crippen LogP) is 6.54. The second kappa shape index (κ2) is 9.28. The molecule has 6 rings (SSSR count). The molecule has 1 N–H and O–H groups in total. The van der Waals surface area contributed by atoms with Gasteiger partial charge >= 0.3 is 7.82 Å². The summed E-state index contributed by atoms with van der Waals surface area (Å²) in [6.45, 7) is 3.67. The molecule has 2 fully saturated rings. The Morgan fingerprint density at radius 2 is 0.816 bits per heavy atom. The van der Waals surface area contributed by atoms with Crippen LogP contribution in [0.1, 0.15) is 36.1 Å². The second-order valence-corrected chi connectivity index (χ2v) is 11.4. The molecule has 194 valence electrons. The predicted molar refractivity (Wildman–Crippen MR) is 143 cm³/mol. The Kier molecular flexibility index (Phi) is 6.15. The second-order valence-electron chi connectivity index (χ2n) is 10.1. The number of rotatable bonds is 4. The molecule has 2 aliphatic rings. The first kappa shape index (κ1) is 25.2. The van der Waals surface area contributed by atoms with E-state index in [1.807, 2.05) is 135 Å². The molecule has 4 aromatic carbocycles. The van der Waals surface area contributed by atoms with Crippen molar-refractivity contribution < 1.29 is 28.0 Å². The third kappa shape index (κ3) is 4.05. The molecule has 0 amide bonds. The molecular weight excluding hydrogens is 499 g/mol. The zero-order valence-electron chi connectivity index (χ0n) is 21.1. The summed E-state index contributed by atoms with van der Waals surface area (Å²) in [6, 6.07) is 37.5. The van der Waals surface area contributed by atoms with Crippen LogP contribution in [0.2, 0.25) is 0 Å². The number of hydrogen-bond donors (Lipinski definition) is 1. The Balaban J connectivity index is 1.72. The smallest absolute Gasteiger partial charge is 0.341 e. The molecule has 38 heavy (non-hydrogen) atoms. The fraction of sp³-hybridized carbons (Fsp3) is 0.226. The van der Waals surface area contributed by atoms with Gasteiger partial charge in [0.1, 0.15) is 12.2 Å². The Hall–Kier alpha value is -3.09. The van der Waals surface area contributed by atoms with Gasteiger partial charge < -0.3 is 14.4 Å². The molecule has 2 aliphatic heterocycles. The summed E-state index contributed by atoms with van der Waals surface area (Å²) < 4.78 is 40.2. The largest absolute Gasteiger partial charge is 0.474 e. The fourth-order valence-electron chi connectivity index (χ4n) is 5.79. The van der Waals surface area contributed by atoms with Gasteiger partial charge in [0.2, 0.25) is 0 Å². The molecule has 0 aromatic heterocycles. The van der Waals surface area contributed by atoms with E-state index in [1.165, 1.54) is 0 Å². The summed E-state index contributed by atoms with van der Waals surface area (Å²) in [7, 11) is -4.79. The topological polar surface area (TPSA) is 74.2 Å². The van der Waals surface area contributed by atoms with Gasteiger partial charge in [-0.2, -0.15) is 0 Å². The number of ether oxygens (including phenoxy) is 2. The van der Waals surface area contributed by atoms with Crippen LogP contribution in [-0.2, 0) is 34.3 Å².